The molecule has 0 amide bonds. The highest BCUT2D eigenvalue weighted by Gasteiger charge is 2.22. The van der Waals surface area contributed by atoms with Crippen LogP contribution in [0.25, 0.3) is 10.9 Å². The van der Waals surface area contributed by atoms with Crippen LogP contribution in [0, 0.1) is 11.6 Å². The first-order valence-corrected chi connectivity index (χ1v) is 5.44. The second-order valence-corrected chi connectivity index (χ2v) is 3.87. The molecule has 0 bridgehead atoms. The molecule has 106 valence electrons. The Kier molecular flexibility index (Phi) is 3.31. The van der Waals surface area contributed by atoms with E-state index in [4.69, 9.17) is 9.84 Å². The van der Waals surface area contributed by atoms with Crippen LogP contribution >= 0.6 is 0 Å². The van der Waals surface area contributed by atoms with Crippen LogP contribution in [-0.2, 0) is 0 Å². The number of methoxy groups -OCH3 is 1. The number of carbonyl (C=O) groups is 1. The monoisotopic (exact) mass is 284 g/mol. The summed E-state index contributed by atoms with van der Waals surface area (Å²) in [4.78, 5) is 23.0. The van der Waals surface area contributed by atoms with E-state index in [1.165, 1.54) is 7.05 Å². The largest absolute Gasteiger partial charge is 0.491 e. The zero-order valence-electron chi connectivity index (χ0n) is 10.5. The number of benzene rings is 1. The third-order valence-corrected chi connectivity index (χ3v) is 2.81. The molecule has 0 saturated carbocycles. The molecule has 1 aromatic heterocycles. The minimum absolute atomic E-state index is 0.0797. The first-order valence-electron chi connectivity index (χ1n) is 5.44. The molecule has 0 fully saturated rings. The first-order chi connectivity index (χ1) is 9.42. The average Bonchev–Trinajstić information content (AvgIpc) is 2.41. The van der Waals surface area contributed by atoms with Crippen molar-refractivity contribution in [2.24, 2.45) is 0 Å². The predicted octanol–water partition coefficient (Wildman–Crippen LogP) is 1.16. The van der Waals surface area contributed by atoms with Gasteiger partial charge in [0.25, 0.3) is 0 Å². The van der Waals surface area contributed by atoms with E-state index in [0.717, 1.165) is 18.0 Å². The van der Waals surface area contributed by atoms with Gasteiger partial charge >= 0.3 is 5.97 Å². The van der Waals surface area contributed by atoms with Gasteiger partial charge in [0.2, 0.25) is 11.2 Å². The maximum absolute atomic E-state index is 13.7. The Morgan fingerprint density at radius 1 is 1.45 bits per heavy atom. The molecule has 1 heterocycles. The summed E-state index contributed by atoms with van der Waals surface area (Å²) in [6.07, 6.45) is 0.979. The lowest BCUT2D eigenvalue weighted by Gasteiger charge is -2.15. The zero-order valence-corrected chi connectivity index (χ0v) is 10.5. The fourth-order valence-corrected chi connectivity index (χ4v) is 1.92. The van der Waals surface area contributed by atoms with E-state index < -0.39 is 34.3 Å². The second-order valence-electron chi connectivity index (χ2n) is 3.87. The number of carboxylic acid groups (broad SMARTS) is 1. The summed E-state index contributed by atoms with van der Waals surface area (Å²) in [5.74, 6) is -4.50. The summed E-state index contributed by atoms with van der Waals surface area (Å²) >= 11 is 0. The van der Waals surface area contributed by atoms with Crippen molar-refractivity contribution in [2.45, 2.75) is 0 Å². The van der Waals surface area contributed by atoms with Crippen molar-refractivity contribution in [3.63, 3.8) is 0 Å². The van der Waals surface area contributed by atoms with Gasteiger partial charge in [-0.3, -0.25) is 9.47 Å². The number of nitrogens with zero attached hydrogens (tertiary/aromatic N) is 1. The van der Waals surface area contributed by atoms with Crippen molar-refractivity contribution in [1.29, 1.82) is 0 Å². The molecule has 8 heteroatoms. The van der Waals surface area contributed by atoms with Crippen LogP contribution in [0.15, 0.2) is 17.1 Å². The Morgan fingerprint density at radius 3 is 2.60 bits per heavy atom. The molecule has 0 spiro atoms. The highest BCUT2D eigenvalue weighted by atomic mass is 19.2. The number of rotatable bonds is 3. The normalized spacial score (nSPS) is 10.6. The van der Waals surface area contributed by atoms with Crippen LogP contribution < -0.4 is 15.6 Å². The van der Waals surface area contributed by atoms with Crippen LogP contribution in [0.4, 0.5) is 8.78 Å². The van der Waals surface area contributed by atoms with Gasteiger partial charge in [0.05, 0.1) is 12.5 Å². The quantitative estimate of drug-likeness (QED) is 0.884. The van der Waals surface area contributed by atoms with E-state index in [2.05, 4.69) is 5.43 Å². The molecule has 20 heavy (non-hydrogen) atoms. The van der Waals surface area contributed by atoms with Crippen LogP contribution in [-0.4, -0.2) is 29.9 Å². The first kappa shape index (κ1) is 13.8. The van der Waals surface area contributed by atoms with Crippen LogP contribution in [0.3, 0.4) is 0 Å². The van der Waals surface area contributed by atoms with Gasteiger partial charge in [-0.25, -0.2) is 9.18 Å². The number of hydrogen-bond donors (Lipinski definition) is 2. The van der Waals surface area contributed by atoms with E-state index >= 15 is 0 Å². The minimum atomic E-state index is -1.47. The van der Waals surface area contributed by atoms with Gasteiger partial charge in [-0.05, 0) is 6.07 Å². The highest BCUT2D eigenvalue weighted by molar-refractivity contribution is 5.94. The maximum atomic E-state index is 13.7. The van der Waals surface area contributed by atoms with E-state index in [1.54, 1.807) is 0 Å². The lowest BCUT2D eigenvalue weighted by atomic mass is 10.1. The van der Waals surface area contributed by atoms with Crippen molar-refractivity contribution < 1.29 is 23.4 Å². The number of halogens is 2. The SMILES string of the molecule is CNn1cc(C(=O)O)c(=O)c2cc(F)c(F)c(OC)c21. The second kappa shape index (κ2) is 4.80. The molecule has 1 aromatic carbocycles. The number of aromatic carboxylic acids is 1. The molecule has 0 saturated heterocycles. The van der Waals surface area contributed by atoms with Crippen molar-refractivity contribution >= 4 is 16.9 Å². The Hall–Kier alpha value is -2.64. The fraction of sp³-hybridized carbons (Fsp3) is 0.167. The van der Waals surface area contributed by atoms with Crippen molar-refractivity contribution in [1.82, 2.24) is 4.68 Å². The summed E-state index contributed by atoms with van der Waals surface area (Å²) in [5, 5.41) is 8.66. The molecule has 0 aliphatic rings. The van der Waals surface area contributed by atoms with Crippen LogP contribution in [0.2, 0.25) is 0 Å². The summed E-state index contributed by atoms with van der Waals surface area (Å²) in [6.45, 7) is 0. The van der Waals surface area contributed by atoms with Crippen molar-refractivity contribution in [2.75, 3.05) is 19.6 Å². The van der Waals surface area contributed by atoms with E-state index in [0.29, 0.717) is 6.07 Å². The highest BCUT2D eigenvalue weighted by Crippen LogP contribution is 2.29. The Labute approximate surface area is 111 Å². The molecule has 2 aromatic rings. The molecule has 0 aliphatic carbocycles. The molecule has 0 radical (unpaired) electrons. The lowest BCUT2D eigenvalue weighted by molar-refractivity contribution is 0.0695. The molecule has 6 nitrogen and oxygen atoms in total. The average molecular weight is 284 g/mol. The number of nitrogens with one attached hydrogen (secondary N) is 1. The van der Waals surface area contributed by atoms with Gasteiger partial charge in [-0.15, -0.1) is 0 Å². The molecular formula is C12H10F2N2O4. The number of pyridine rings is 1. The number of carboxylic acids is 1. The fourth-order valence-electron chi connectivity index (χ4n) is 1.92. The minimum Gasteiger partial charge on any atom is -0.491 e. The third kappa shape index (κ3) is 1.85. The van der Waals surface area contributed by atoms with Crippen molar-refractivity contribution in [3.05, 3.63) is 39.7 Å². The van der Waals surface area contributed by atoms with Gasteiger partial charge in [0, 0.05) is 13.2 Å². The maximum Gasteiger partial charge on any atom is 0.341 e. The summed E-state index contributed by atoms with van der Waals surface area (Å²) in [6, 6.07) is 0.649. The molecule has 0 aliphatic heterocycles. The summed E-state index contributed by atoms with van der Waals surface area (Å²) in [7, 11) is 2.54. The number of hydrogen-bond acceptors (Lipinski definition) is 4. The Morgan fingerprint density at radius 2 is 2.10 bits per heavy atom. The van der Waals surface area contributed by atoms with Gasteiger partial charge in [0.15, 0.2) is 11.6 Å². The van der Waals surface area contributed by atoms with Crippen molar-refractivity contribution in [3.8, 4) is 5.75 Å². The van der Waals surface area contributed by atoms with E-state index in [9.17, 15) is 18.4 Å². The number of fused-ring (bicyclic) bond motifs is 1. The Balaban J connectivity index is 3.09. The molecular weight excluding hydrogens is 274 g/mol. The standard InChI is InChI=1S/C12H10F2N2O4/c1-15-16-4-6(12(18)19)10(17)5-3-7(13)8(14)11(20-2)9(5)16/h3-4,15H,1-2H3,(H,18,19). The van der Waals surface area contributed by atoms with Gasteiger partial charge in [-0.2, -0.15) is 4.39 Å². The summed E-state index contributed by atoms with van der Waals surface area (Å²) in [5.41, 5.74) is 0.990. The van der Waals surface area contributed by atoms with Gasteiger partial charge in [0.1, 0.15) is 11.1 Å². The molecule has 2 rings (SSSR count). The third-order valence-electron chi connectivity index (χ3n) is 2.81. The molecule has 0 atom stereocenters. The van der Waals surface area contributed by atoms with Gasteiger partial charge < -0.3 is 15.3 Å². The lowest BCUT2D eigenvalue weighted by Crippen LogP contribution is -2.23. The van der Waals surface area contributed by atoms with Crippen LogP contribution in [0.5, 0.6) is 5.75 Å². The number of aromatic nitrogens is 1. The van der Waals surface area contributed by atoms with Crippen LogP contribution in [0.1, 0.15) is 10.4 Å². The van der Waals surface area contributed by atoms with E-state index in [-0.39, 0.29) is 10.9 Å². The van der Waals surface area contributed by atoms with Gasteiger partial charge in [-0.1, -0.05) is 0 Å². The predicted molar refractivity (Wildman–Crippen MR) is 66.9 cm³/mol. The van der Waals surface area contributed by atoms with E-state index in [1.807, 2.05) is 0 Å². The summed E-state index contributed by atoms with van der Waals surface area (Å²) < 4.78 is 33.0. The number of ether oxygens (including phenoxy) is 1. The molecule has 2 N–H and O–H groups in total. The smallest absolute Gasteiger partial charge is 0.341 e. The topological polar surface area (TPSA) is 80.6 Å². The Bertz CT molecular complexity index is 770. The zero-order chi connectivity index (χ0) is 15.0. The molecule has 0 unspecified atom stereocenters.